The van der Waals surface area contributed by atoms with Crippen LogP contribution >= 0.6 is 23.2 Å². The van der Waals surface area contributed by atoms with Crippen molar-refractivity contribution in [3.63, 3.8) is 0 Å². The number of hydrogen-bond acceptors (Lipinski definition) is 6. The molecule has 1 aromatic carbocycles. The van der Waals surface area contributed by atoms with Gasteiger partial charge in [0.25, 0.3) is 0 Å². The summed E-state index contributed by atoms with van der Waals surface area (Å²) in [5, 5.41) is 10.2. The predicted molar refractivity (Wildman–Crippen MR) is 103 cm³/mol. The first-order valence-electron chi connectivity index (χ1n) is 8.08. The van der Waals surface area contributed by atoms with Gasteiger partial charge in [0.05, 0.1) is 15.6 Å². The molecule has 0 amide bonds. The third-order valence-corrected chi connectivity index (χ3v) is 5.36. The van der Waals surface area contributed by atoms with Gasteiger partial charge in [0.1, 0.15) is 5.82 Å². The van der Waals surface area contributed by atoms with Crippen LogP contribution in [0.25, 0.3) is 11.1 Å². The molecule has 138 valence electrons. The molecule has 2 heterocycles. The molecule has 3 rings (SSSR count). The van der Waals surface area contributed by atoms with E-state index in [0.29, 0.717) is 23.7 Å². The van der Waals surface area contributed by atoms with E-state index < -0.39 is 5.97 Å². The van der Waals surface area contributed by atoms with Crippen LogP contribution in [-0.4, -0.2) is 39.7 Å². The Labute approximate surface area is 160 Å². The molecule has 1 saturated heterocycles. The zero-order chi connectivity index (χ0) is 19.1. The minimum atomic E-state index is -1.22. The Balaban J connectivity index is 2.08. The monoisotopic (exact) mass is 395 g/mol. The fraction of sp³-hybridized carbons (Fsp3) is 0.353. The summed E-state index contributed by atoms with van der Waals surface area (Å²) in [7, 11) is 0. The van der Waals surface area contributed by atoms with E-state index in [9.17, 15) is 9.90 Å². The second-order valence-corrected chi connectivity index (χ2v) is 7.47. The highest BCUT2D eigenvalue weighted by Crippen LogP contribution is 2.38. The summed E-state index contributed by atoms with van der Waals surface area (Å²) in [5.41, 5.74) is 12.3. The Hall–Kier alpha value is -2.09. The van der Waals surface area contributed by atoms with Gasteiger partial charge in [-0.25, -0.2) is 9.78 Å². The second kappa shape index (κ2) is 6.90. The largest absolute Gasteiger partial charge is 0.476 e. The van der Waals surface area contributed by atoms with E-state index in [0.717, 1.165) is 12.8 Å². The van der Waals surface area contributed by atoms with Crippen molar-refractivity contribution >= 4 is 40.9 Å². The summed E-state index contributed by atoms with van der Waals surface area (Å²) < 4.78 is 0. The van der Waals surface area contributed by atoms with Gasteiger partial charge in [-0.2, -0.15) is 4.98 Å². The van der Waals surface area contributed by atoms with Crippen LogP contribution in [0.5, 0.6) is 0 Å². The number of carboxylic acids is 1. The molecule has 2 aromatic rings. The molecule has 1 aliphatic rings. The highest BCUT2D eigenvalue weighted by Gasteiger charge is 2.29. The average molecular weight is 396 g/mol. The summed E-state index contributed by atoms with van der Waals surface area (Å²) in [4.78, 5) is 22.3. The number of nitrogens with two attached hydrogens (primary N) is 2. The number of aromatic nitrogens is 2. The lowest BCUT2D eigenvalue weighted by atomic mass is 9.91. The molecule has 9 heteroatoms. The Bertz CT molecular complexity index is 862. The minimum Gasteiger partial charge on any atom is -0.476 e. The zero-order valence-electron chi connectivity index (χ0n) is 14.2. The predicted octanol–water partition coefficient (Wildman–Crippen LogP) is 3.05. The number of benzene rings is 1. The van der Waals surface area contributed by atoms with Crippen molar-refractivity contribution in [2.75, 3.05) is 23.7 Å². The van der Waals surface area contributed by atoms with Crippen LogP contribution < -0.4 is 16.4 Å². The number of nitrogens with zero attached hydrogens (tertiary/aromatic N) is 3. The van der Waals surface area contributed by atoms with Crippen LogP contribution in [0, 0.1) is 0 Å². The SMILES string of the molecule is CC1(N)CCN(c2nc(N)c(-c3cccc(Cl)c3Cl)c(C(=O)O)n2)CC1. The molecule has 0 atom stereocenters. The van der Waals surface area contributed by atoms with Crippen molar-refractivity contribution in [1.82, 2.24) is 9.97 Å². The first-order chi connectivity index (χ1) is 12.2. The maximum absolute atomic E-state index is 11.8. The quantitative estimate of drug-likeness (QED) is 0.730. The lowest BCUT2D eigenvalue weighted by Gasteiger charge is -2.36. The van der Waals surface area contributed by atoms with E-state index in [-0.39, 0.29) is 33.6 Å². The Morgan fingerprint density at radius 3 is 2.54 bits per heavy atom. The molecule has 0 spiro atoms. The van der Waals surface area contributed by atoms with Crippen molar-refractivity contribution in [1.29, 1.82) is 0 Å². The van der Waals surface area contributed by atoms with Gasteiger partial charge in [-0.05, 0) is 25.8 Å². The number of piperidine rings is 1. The van der Waals surface area contributed by atoms with Crippen molar-refractivity contribution < 1.29 is 9.90 Å². The minimum absolute atomic E-state index is 0.0395. The van der Waals surface area contributed by atoms with Crippen LogP contribution in [0.4, 0.5) is 11.8 Å². The molecule has 1 aromatic heterocycles. The van der Waals surface area contributed by atoms with E-state index in [4.69, 9.17) is 34.7 Å². The van der Waals surface area contributed by atoms with Gasteiger partial charge in [0.15, 0.2) is 5.69 Å². The molecule has 26 heavy (non-hydrogen) atoms. The van der Waals surface area contributed by atoms with E-state index >= 15 is 0 Å². The molecule has 1 aliphatic heterocycles. The van der Waals surface area contributed by atoms with Crippen LogP contribution in [-0.2, 0) is 0 Å². The zero-order valence-corrected chi connectivity index (χ0v) is 15.7. The average Bonchev–Trinajstić information content (AvgIpc) is 2.57. The molecule has 7 nitrogen and oxygen atoms in total. The lowest BCUT2D eigenvalue weighted by Crippen LogP contribution is -2.48. The molecule has 0 saturated carbocycles. The number of carboxylic acid groups (broad SMARTS) is 1. The summed E-state index contributed by atoms with van der Waals surface area (Å²) >= 11 is 12.3. The van der Waals surface area contributed by atoms with E-state index in [1.807, 2.05) is 11.8 Å². The molecular formula is C17H19Cl2N5O2. The maximum Gasteiger partial charge on any atom is 0.355 e. The topological polar surface area (TPSA) is 118 Å². The summed E-state index contributed by atoms with van der Waals surface area (Å²) in [5.74, 6) is -0.901. The van der Waals surface area contributed by atoms with Crippen LogP contribution in [0.15, 0.2) is 18.2 Å². The highest BCUT2D eigenvalue weighted by atomic mass is 35.5. The van der Waals surface area contributed by atoms with E-state index in [1.54, 1.807) is 18.2 Å². The fourth-order valence-corrected chi connectivity index (χ4v) is 3.34. The normalized spacial score (nSPS) is 16.5. The standard InChI is InChI=1S/C17H19Cl2N5O2/c1-17(21)5-7-24(8-6-17)16-22-13(15(25)26)11(14(20)23-16)9-3-2-4-10(18)12(9)19/h2-4H,5-8,21H2,1H3,(H,25,26)(H2,20,22,23). The van der Waals surface area contributed by atoms with Gasteiger partial charge < -0.3 is 21.5 Å². The van der Waals surface area contributed by atoms with Gasteiger partial charge in [-0.15, -0.1) is 0 Å². The lowest BCUT2D eigenvalue weighted by molar-refractivity contribution is 0.0691. The molecule has 0 radical (unpaired) electrons. The van der Waals surface area contributed by atoms with E-state index in [1.165, 1.54) is 0 Å². The van der Waals surface area contributed by atoms with Crippen molar-refractivity contribution in [3.05, 3.63) is 33.9 Å². The van der Waals surface area contributed by atoms with Gasteiger partial charge in [-0.3, -0.25) is 0 Å². The Kier molecular flexibility index (Phi) is 4.96. The fourth-order valence-electron chi connectivity index (χ4n) is 2.94. The number of carbonyl (C=O) groups is 1. The molecule has 0 bridgehead atoms. The molecule has 0 aliphatic carbocycles. The summed E-state index contributed by atoms with van der Waals surface area (Å²) in [6, 6.07) is 4.90. The van der Waals surface area contributed by atoms with E-state index in [2.05, 4.69) is 9.97 Å². The third kappa shape index (κ3) is 3.56. The molecular weight excluding hydrogens is 377 g/mol. The first-order valence-corrected chi connectivity index (χ1v) is 8.84. The van der Waals surface area contributed by atoms with Crippen LogP contribution in [0.1, 0.15) is 30.3 Å². The molecule has 1 fully saturated rings. The first kappa shape index (κ1) is 18.7. The number of halogens is 2. The van der Waals surface area contributed by atoms with Gasteiger partial charge in [0.2, 0.25) is 5.95 Å². The second-order valence-electron chi connectivity index (χ2n) is 6.68. The molecule has 5 N–H and O–H groups in total. The maximum atomic E-state index is 11.8. The smallest absolute Gasteiger partial charge is 0.355 e. The summed E-state index contributed by atoms with van der Waals surface area (Å²) in [6.45, 7) is 3.25. The summed E-state index contributed by atoms with van der Waals surface area (Å²) in [6.07, 6.45) is 1.50. The van der Waals surface area contributed by atoms with Gasteiger partial charge >= 0.3 is 5.97 Å². The number of hydrogen-bond donors (Lipinski definition) is 3. The number of rotatable bonds is 3. The Morgan fingerprint density at radius 2 is 1.92 bits per heavy atom. The highest BCUT2D eigenvalue weighted by molar-refractivity contribution is 6.43. The number of anilines is 2. The van der Waals surface area contributed by atoms with Crippen LogP contribution in [0.2, 0.25) is 10.0 Å². The van der Waals surface area contributed by atoms with Crippen molar-refractivity contribution in [2.24, 2.45) is 5.73 Å². The Morgan fingerprint density at radius 1 is 1.27 bits per heavy atom. The van der Waals surface area contributed by atoms with Gasteiger partial charge in [-0.1, -0.05) is 35.3 Å². The molecule has 0 unspecified atom stereocenters. The van der Waals surface area contributed by atoms with Crippen molar-refractivity contribution in [2.45, 2.75) is 25.3 Å². The van der Waals surface area contributed by atoms with Crippen molar-refractivity contribution in [3.8, 4) is 11.1 Å². The van der Waals surface area contributed by atoms with Crippen LogP contribution in [0.3, 0.4) is 0 Å². The number of nitrogen functional groups attached to an aromatic ring is 1. The third-order valence-electron chi connectivity index (χ3n) is 4.54. The van der Waals surface area contributed by atoms with Gasteiger partial charge in [0, 0.05) is 24.2 Å². The number of aromatic carboxylic acids is 1.